The van der Waals surface area contributed by atoms with Crippen molar-refractivity contribution in [2.45, 2.75) is 44.6 Å². The van der Waals surface area contributed by atoms with E-state index in [0.717, 1.165) is 24.7 Å². The van der Waals surface area contributed by atoms with Crippen molar-refractivity contribution in [2.24, 2.45) is 0 Å². The van der Waals surface area contributed by atoms with Crippen molar-refractivity contribution < 1.29 is 0 Å². The minimum atomic E-state index is 0.792. The van der Waals surface area contributed by atoms with Crippen molar-refractivity contribution in [3.05, 3.63) is 29.8 Å². The van der Waals surface area contributed by atoms with Crippen LogP contribution in [0.4, 0.5) is 5.69 Å². The smallest absolute Gasteiger partial charge is 0.0316 e. The molecule has 1 fully saturated rings. The zero-order chi connectivity index (χ0) is 11.2. The predicted molar refractivity (Wildman–Crippen MR) is 69.4 cm³/mol. The maximum atomic E-state index is 5.75. The van der Waals surface area contributed by atoms with Crippen LogP contribution in [0.25, 0.3) is 0 Å². The zero-order valence-corrected chi connectivity index (χ0v) is 9.91. The quantitative estimate of drug-likeness (QED) is 0.589. The number of hydrogen-bond acceptors (Lipinski definition) is 2. The van der Waals surface area contributed by atoms with Gasteiger partial charge in [0, 0.05) is 11.7 Å². The maximum Gasteiger partial charge on any atom is 0.0316 e. The lowest BCUT2D eigenvalue weighted by Crippen LogP contribution is -2.27. The minimum Gasteiger partial charge on any atom is -0.399 e. The number of hydrogen-bond donors (Lipinski definition) is 2. The van der Waals surface area contributed by atoms with Crippen LogP contribution < -0.4 is 11.1 Å². The molecule has 0 bridgehead atoms. The normalized spacial score (nSPS) is 16.8. The highest BCUT2D eigenvalue weighted by Crippen LogP contribution is 2.17. The molecule has 1 aromatic rings. The SMILES string of the molecule is Nc1cccc(CCCNC2CCCC2)c1. The van der Waals surface area contributed by atoms with Gasteiger partial charge >= 0.3 is 0 Å². The second kappa shape index (κ2) is 5.90. The third kappa shape index (κ3) is 3.53. The molecular formula is C14H22N2. The number of rotatable bonds is 5. The van der Waals surface area contributed by atoms with Gasteiger partial charge in [-0.05, 0) is 49.9 Å². The second-order valence-corrected chi connectivity index (χ2v) is 4.78. The van der Waals surface area contributed by atoms with Gasteiger partial charge < -0.3 is 11.1 Å². The molecule has 2 heteroatoms. The molecule has 0 unspecified atom stereocenters. The highest BCUT2D eigenvalue weighted by molar-refractivity contribution is 5.40. The van der Waals surface area contributed by atoms with Gasteiger partial charge in [0.15, 0.2) is 0 Å². The third-order valence-electron chi connectivity index (χ3n) is 3.38. The molecule has 1 aromatic carbocycles. The number of nitrogen functional groups attached to an aromatic ring is 1. The first-order chi connectivity index (χ1) is 7.84. The molecule has 1 aliphatic carbocycles. The van der Waals surface area contributed by atoms with Crippen molar-refractivity contribution in [2.75, 3.05) is 12.3 Å². The number of nitrogens with two attached hydrogens (primary N) is 1. The van der Waals surface area contributed by atoms with Crippen LogP contribution in [0.2, 0.25) is 0 Å². The Kier molecular flexibility index (Phi) is 4.23. The number of benzene rings is 1. The summed E-state index contributed by atoms with van der Waals surface area (Å²) in [7, 11) is 0. The van der Waals surface area contributed by atoms with Crippen LogP contribution in [0.15, 0.2) is 24.3 Å². The average molecular weight is 218 g/mol. The predicted octanol–water partition coefficient (Wildman–Crippen LogP) is 2.73. The molecular weight excluding hydrogens is 196 g/mol. The Labute approximate surface area is 98.2 Å². The highest BCUT2D eigenvalue weighted by atomic mass is 14.9. The van der Waals surface area contributed by atoms with Gasteiger partial charge in [-0.3, -0.25) is 0 Å². The van der Waals surface area contributed by atoms with Crippen molar-refractivity contribution in [3.8, 4) is 0 Å². The first kappa shape index (κ1) is 11.5. The van der Waals surface area contributed by atoms with Crippen molar-refractivity contribution in [1.82, 2.24) is 5.32 Å². The Balaban J connectivity index is 1.64. The molecule has 0 spiro atoms. The van der Waals surface area contributed by atoms with Crippen LogP contribution in [0.1, 0.15) is 37.7 Å². The van der Waals surface area contributed by atoms with E-state index in [-0.39, 0.29) is 0 Å². The van der Waals surface area contributed by atoms with Crippen LogP contribution in [0.3, 0.4) is 0 Å². The fourth-order valence-corrected chi connectivity index (χ4v) is 2.48. The largest absolute Gasteiger partial charge is 0.399 e. The Bertz CT molecular complexity index is 316. The minimum absolute atomic E-state index is 0.792. The Morgan fingerprint density at radius 1 is 1.25 bits per heavy atom. The fourth-order valence-electron chi connectivity index (χ4n) is 2.48. The molecule has 2 rings (SSSR count). The van der Waals surface area contributed by atoms with Gasteiger partial charge in [0.25, 0.3) is 0 Å². The maximum absolute atomic E-state index is 5.75. The van der Waals surface area contributed by atoms with Crippen LogP contribution in [-0.4, -0.2) is 12.6 Å². The van der Waals surface area contributed by atoms with Crippen molar-refractivity contribution in [3.63, 3.8) is 0 Å². The molecule has 3 N–H and O–H groups in total. The molecule has 1 aliphatic rings. The molecule has 16 heavy (non-hydrogen) atoms. The summed E-state index contributed by atoms with van der Waals surface area (Å²) < 4.78 is 0. The van der Waals surface area contributed by atoms with Gasteiger partial charge in [0.2, 0.25) is 0 Å². The number of nitrogens with one attached hydrogen (secondary N) is 1. The lowest BCUT2D eigenvalue weighted by atomic mass is 10.1. The van der Waals surface area contributed by atoms with Crippen LogP contribution in [0, 0.1) is 0 Å². The summed E-state index contributed by atoms with van der Waals surface area (Å²) in [5.74, 6) is 0. The summed E-state index contributed by atoms with van der Waals surface area (Å²) in [6.45, 7) is 1.14. The molecule has 88 valence electrons. The standard InChI is InChI=1S/C14H22N2/c15-13-7-3-5-12(11-13)6-4-10-16-14-8-1-2-9-14/h3,5,7,11,14,16H,1-2,4,6,8-10,15H2. The molecule has 2 nitrogen and oxygen atoms in total. The van der Waals surface area contributed by atoms with Gasteiger partial charge in [0.05, 0.1) is 0 Å². The van der Waals surface area contributed by atoms with E-state index in [1.807, 2.05) is 12.1 Å². The van der Waals surface area contributed by atoms with E-state index in [4.69, 9.17) is 5.73 Å². The van der Waals surface area contributed by atoms with Crippen molar-refractivity contribution >= 4 is 5.69 Å². The Hall–Kier alpha value is -1.02. The van der Waals surface area contributed by atoms with E-state index in [9.17, 15) is 0 Å². The van der Waals surface area contributed by atoms with Gasteiger partial charge in [-0.1, -0.05) is 25.0 Å². The Morgan fingerprint density at radius 3 is 2.81 bits per heavy atom. The molecule has 0 aromatic heterocycles. The van der Waals surface area contributed by atoms with E-state index < -0.39 is 0 Å². The van der Waals surface area contributed by atoms with Gasteiger partial charge in [-0.15, -0.1) is 0 Å². The van der Waals surface area contributed by atoms with Gasteiger partial charge in [0.1, 0.15) is 0 Å². The fraction of sp³-hybridized carbons (Fsp3) is 0.571. The van der Waals surface area contributed by atoms with Gasteiger partial charge in [-0.2, -0.15) is 0 Å². The number of aryl methyl sites for hydroxylation is 1. The molecule has 1 saturated carbocycles. The Morgan fingerprint density at radius 2 is 2.06 bits per heavy atom. The second-order valence-electron chi connectivity index (χ2n) is 4.78. The zero-order valence-electron chi connectivity index (χ0n) is 9.91. The highest BCUT2D eigenvalue weighted by Gasteiger charge is 2.12. The average Bonchev–Trinajstić information content (AvgIpc) is 2.77. The summed E-state index contributed by atoms with van der Waals surface area (Å²) in [5.41, 5.74) is 7.98. The summed E-state index contributed by atoms with van der Waals surface area (Å²) >= 11 is 0. The van der Waals surface area contributed by atoms with E-state index in [1.165, 1.54) is 37.7 Å². The van der Waals surface area contributed by atoms with E-state index in [0.29, 0.717) is 0 Å². The molecule has 0 saturated heterocycles. The van der Waals surface area contributed by atoms with E-state index in [1.54, 1.807) is 0 Å². The lowest BCUT2D eigenvalue weighted by Gasteiger charge is -2.11. The van der Waals surface area contributed by atoms with Crippen molar-refractivity contribution in [1.29, 1.82) is 0 Å². The summed E-state index contributed by atoms with van der Waals surface area (Å²) in [6.07, 6.45) is 7.90. The summed E-state index contributed by atoms with van der Waals surface area (Å²) in [5, 5.41) is 3.64. The van der Waals surface area contributed by atoms with E-state index >= 15 is 0 Å². The summed E-state index contributed by atoms with van der Waals surface area (Å²) in [4.78, 5) is 0. The lowest BCUT2D eigenvalue weighted by molar-refractivity contribution is 0.515. The summed E-state index contributed by atoms with van der Waals surface area (Å²) in [6, 6.07) is 9.01. The topological polar surface area (TPSA) is 38.0 Å². The monoisotopic (exact) mass is 218 g/mol. The van der Waals surface area contributed by atoms with Crippen LogP contribution in [-0.2, 0) is 6.42 Å². The molecule has 0 aliphatic heterocycles. The molecule has 0 radical (unpaired) electrons. The molecule has 0 amide bonds. The van der Waals surface area contributed by atoms with Crippen LogP contribution in [0.5, 0.6) is 0 Å². The van der Waals surface area contributed by atoms with Gasteiger partial charge in [-0.25, -0.2) is 0 Å². The first-order valence-corrected chi connectivity index (χ1v) is 6.42. The van der Waals surface area contributed by atoms with Crippen LogP contribution >= 0.6 is 0 Å². The third-order valence-corrected chi connectivity index (χ3v) is 3.38. The first-order valence-electron chi connectivity index (χ1n) is 6.42. The molecule has 0 atom stereocenters. The number of anilines is 1. The van der Waals surface area contributed by atoms with E-state index in [2.05, 4.69) is 17.4 Å². The molecule has 0 heterocycles.